The molecule has 176 valence electrons. The van der Waals surface area contributed by atoms with E-state index in [0.717, 1.165) is 22.9 Å². The second-order valence-corrected chi connectivity index (χ2v) is 10.4. The first-order chi connectivity index (χ1) is 15.8. The Hall–Kier alpha value is -2.78. The zero-order chi connectivity index (χ0) is 23.6. The molecule has 0 atom stereocenters. The van der Waals surface area contributed by atoms with E-state index in [1.165, 1.54) is 7.11 Å². The molecule has 1 aliphatic heterocycles. The summed E-state index contributed by atoms with van der Waals surface area (Å²) in [6.45, 7) is 5.76. The zero-order valence-corrected chi connectivity index (χ0v) is 20.0. The maximum Gasteiger partial charge on any atom is 0.214 e. The molecule has 1 aliphatic rings. The van der Waals surface area contributed by atoms with Crippen LogP contribution in [0.25, 0.3) is 22.3 Å². The topological polar surface area (TPSA) is 75.6 Å². The van der Waals surface area contributed by atoms with E-state index in [2.05, 4.69) is 9.88 Å². The summed E-state index contributed by atoms with van der Waals surface area (Å²) < 4.78 is 46.9. The van der Waals surface area contributed by atoms with Crippen LogP contribution in [0.15, 0.2) is 36.4 Å². The van der Waals surface area contributed by atoms with E-state index in [1.54, 1.807) is 22.5 Å². The van der Waals surface area contributed by atoms with Crippen molar-refractivity contribution >= 4 is 26.7 Å². The maximum absolute atomic E-state index is 15.0. The van der Waals surface area contributed by atoms with Crippen LogP contribution >= 0.6 is 0 Å². The molecule has 0 saturated carbocycles. The lowest BCUT2D eigenvalue weighted by Gasteiger charge is -2.35. The number of aryl methyl sites for hydroxylation is 1. The highest BCUT2D eigenvalue weighted by Gasteiger charge is 2.28. The van der Waals surface area contributed by atoms with Crippen LogP contribution in [0.3, 0.4) is 0 Å². The van der Waals surface area contributed by atoms with E-state index in [9.17, 15) is 8.42 Å². The molecular weight excluding hydrogens is 443 g/mol. The van der Waals surface area contributed by atoms with Crippen LogP contribution < -0.4 is 9.64 Å². The van der Waals surface area contributed by atoms with Crippen LogP contribution in [0.2, 0.25) is 0 Å². The van der Waals surface area contributed by atoms with E-state index in [4.69, 9.17) is 9.72 Å². The summed E-state index contributed by atoms with van der Waals surface area (Å²) in [5.41, 5.74) is 2.02. The van der Waals surface area contributed by atoms with E-state index in [-0.39, 0.29) is 22.9 Å². The van der Waals surface area contributed by atoms with Crippen molar-refractivity contribution in [2.75, 3.05) is 43.9 Å². The predicted octanol–water partition coefficient (Wildman–Crippen LogP) is 4.00. The third-order valence-electron chi connectivity index (χ3n) is 5.94. The van der Waals surface area contributed by atoms with Crippen molar-refractivity contribution in [3.05, 3.63) is 47.8 Å². The summed E-state index contributed by atoms with van der Waals surface area (Å²) in [4.78, 5) is 11.5. The lowest BCUT2D eigenvalue weighted by molar-refractivity contribution is 0.383. The third kappa shape index (κ3) is 4.79. The quantitative estimate of drug-likeness (QED) is 0.517. The van der Waals surface area contributed by atoms with E-state index < -0.39 is 15.8 Å². The van der Waals surface area contributed by atoms with Gasteiger partial charge in [0.15, 0.2) is 17.4 Å². The molecule has 0 N–H and O–H groups in total. The van der Waals surface area contributed by atoms with Crippen LogP contribution in [-0.4, -0.2) is 61.7 Å². The molecule has 2 aromatic carbocycles. The summed E-state index contributed by atoms with van der Waals surface area (Å²) in [7, 11) is -1.83. The van der Waals surface area contributed by atoms with Gasteiger partial charge in [-0.3, -0.25) is 0 Å². The van der Waals surface area contributed by atoms with Crippen LogP contribution in [0.5, 0.6) is 5.75 Å². The molecular formula is C24H29FN4O3S. The highest BCUT2D eigenvalue weighted by Crippen LogP contribution is 2.32. The normalized spacial score (nSPS) is 15.2. The molecule has 3 aromatic rings. The van der Waals surface area contributed by atoms with Gasteiger partial charge in [0.25, 0.3) is 0 Å². The average molecular weight is 473 g/mol. The fourth-order valence-electron chi connectivity index (χ4n) is 4.06. The van der Waals surface area contributed by atoms with Crippen molar-refractivity contribution in [2.45, 2.75) is 26.7 Å². The van der Waals surface area contributed by atoms with Crippen LogP contribution in [0.4, 0.5) is 10.2 Å². The Morgan fingerprint density at radius 1 is 1.09 bits per heavy atom. The number of unbranched alkanes of at least 4 members (excludes halogenated alkanes) is 1. The number of rotatable bonds is 7. The van der Waals surface area contributed by atoms with E-state index >= 15 is 4.39 Å². The van der Waals surface area contributed by atoms with Gasteiger partial charge in [-0.2, -0.15) is 4.31 Å². The Morgan fingerprint density at radius 2 is 1.85 bits per heavy atom. The van der Waals surface area contributed by atoms with Gasteiger partial charge in [0.1, 0.15) is 5.82 Å². The number of ether oxygens (including phenoxy) is 1. The first kappa shape index (κ1) is 23.4. The molecule has 0 aliphatic carbocycles. The molecule has 0 unspecified atom stereocenters. The minimum atomic E-state index is -3.25. The number of fused-ring (bicyclic) bond motifs is 1. The zero-order valence-electron chi connectivity index (χ0n) is 19.2. The maximum atomic E-state index is 15.0. The Bertz CT molecular complexity index is 1260. The number of halogens is 1. The molecule has 0 radical (unpaired) electrons. The van der Waals surface area contributed by atoms with Gasteiger partial charge in [-0.25, -0.2) is 22.8 Å². The summed E-state index contributed by atoms with van der Waals surface area (Å²) in [6, 6.07) is 10.8. The average Bonchev–Trinajstić information content (AvgIpc) is 2.82. The molecule has 1 saturated heterocycles. The molecule has 7 nitrogen and oxygen atoms in total. The fraction of sp³-hybridized carbons (Fsp3) is 0.417. The van der Waals surface area contributed by atoms with Crippen molar-refractivity contribution in [1.82, 2.24) is 14.3 Å². The third-order valence-corrected chi connectivity index (χ3v) is 7.90. The van der Waals surface area contributed by atoms with Crippen molar-refractivity contribution in [3.8, 4) is 17.1 Å². The molecule has 2 heterocycles. The minimum Gasteiger partial charge on any atom is -0.494 e. The number of benzene rings is 2. The van der Waals surface area contributed by atoms with Gasteiger partial charge in [-0.05, 0) is 43.2 Å². The molecule has 4 rings (SSSR count). The van der Waals surface area contributed by atoms with Gasteiger partial charge in [0.05, 0.1) is 23.9 Å². The van der Waals surface area contributed by atoms with Gasteiger partial charge in [-0.1, -0.05) is 25.5 Å². The van der Waals surface area contributed by atoms with Crippen LogP contribution in [-0.2, 0) is 10.0 Å². The minimum absolute atomic E-state index is 0.132. The highest BCUT2D eigenvalue weighted by atomic mass is 32.2. The van der Waals surface area contributed by atoms with Gasteiger partial charge < -0.3 is 9.64 Å². The van der Waals surface area contributed by atoms with Gasteiger partial charge in [-0.15, -0.1) is 0 Å². The Labute approximate surface area is 194 Å². The summed E-state index contributed by atoms with van der Waals surface area (Å²) in [5, 5.41) is 0.856. The van der Waals surface area contributed by atoms with E-state index in [1.807, 2.05) is 32.0 Å². The summed E-state index contributed by atoms with van der Waals surface area (Å²) >= 11 is 0. The van der Waals surface area contributed by atoms with Crippen LogP contribution in [0, 0.1) is 12.7 Å². The number of methoxy groups -OCH3 is 1. The first-order valence-corrected chi connectivity index (χ1v) is 12.8. The monoisotopic (exact) mass is 472 g/mol. The van der Waals surface area contributed by atoms with Crippen molar-refractivity contribution in [3.63, 3.8) is 0 Å². The van der Waals surface area contributed by atoms with Crippen LogP contribution in [0.1, 0.15) is 25.3 Å². The van der Waals surface area contributed by atoms with Crippen molar-refractivity contribution < 1.29 is 17.5 Å². The number of sulfonamides is 1. The summed E-state index contributed by atoms with van der Waals surface area (Å²) in [6.07, 6.45) is 1.50. The molecule has 9 heteroatoms. The lowest BCUT2D eigenvalue weighted by atomic mass is 10.1. The first-order valence-electron chi connectivity index (χ1n) is 11.2. The number of piperazine rings is 1. The predicted molar refractivity (Wildman–Crippen MR) is 129 cm³/mol. The lowest BCUT2D eigenvalue weighted by Crippen LogP contribution is -2.49. The smallest absolute Gasteiger partial charge is 0.214 e. The molecule has 1 aromatic heterocycles. The largest absolute Gasteiger partial charge is 0.494 e. The van der Waals surface area contributed by atoms with Gasteiger partial charge in [0, 0.05) is 31.6 Å². The summed E-state index contributed by atoms with van der Waals surface area (Å²) in [5.74, 6) is 0.761. The van der Waals surface area contributed by atoms with Crippen molar-refractivity contribution in [1.29, 1.82) is 0 Å². The molecule has 0 amide bonds. The Kier molecular flexibility index (Phi) is 6.81. The Balaban J connectivity index is 1.71. The number of anilines is 1. The number of aromatic nitrogens is 2. The standard InChI is InChI=1S/C24H29FN4O3S/c1-4-5-15-33(30,31)29-13-11-28(12-14-29)24-18-10-9-17(2)16-20(18)26-23(27-24)19-7-6-8-21(32-3)22(19)25/h6-10,16H,4-5,11-15H2,1-3H3. The highest BCUT2D eigenvalue weighted by molar-refractivity contribution is 7.89. The van der Waals surface area contributed by atoms with Gasteiger partial charge >= 0.3 is 0 Å². The number of hydrogen-bond donors (Lipinski definition) is 0. The SMILES string of the molecule is CCCCS(=O)(=O)N1CCN(c2nc(-c3cccc(OC)c3F)nc3cc(C)ccc23)CC1. The molecule has 0 spiro atoms. The molecule has 1 fully saturated rings. The number of hydrogen-bond acceptors (Lipinski definition) is 6. The van der Waals surface area contributed by atoms with Crippen molar-refractivity contribution in [2.24, 2.45) is 0 Å². The Morgan fingerprint density at radius 3 is 2.55 bits per heavy atom. The number of nitrogens with zero attached hydrogens (tertiary/aromatic N) is 4. The fourth-order valence-corrected chi connectivity index (χ4v) is 5.69. The van der Waals surface area contributed by atoms with Gasteiger partial charge in [0.2, 0.25) is 10.0 Å². The van der Waals surface area contributed by atoms with E-state index in [0.29, 0.717) is 38.4 Å². The second kappa shape index (κ2) is 9.61. The molecule has 0 bridgehead atoms. The molecule has 33 heavy (non-hydrogen) atoms. The second-order valence-electron chi connectivity index (χ2n) is 8.27.